The molecule has 1 saturated heterocycles. The van der Waals surface area contributed by atoms with Gasteiger partial charge in [-0.1, -0.05) is 22.6 Å². The number of aromatic nitrogens is 3. The summed E-state index contributed by atoms with van der Waals surface area (Å²) in [6.07, 6.45) is 5.54. The van der Waals surface area contributed by atoms with Crippen molar-refractivity contribution in [2.75, 3.05) is 18.1 Å². The standard InChI is InChI=1S/C26H26BrN7O7S2/c1-26(2,3)41-15(35)11-40-31-17(16-20(27)43-25(28)30-16)21(36)29-18-22(37)34-19(24(38)39)13(12-42-23(18)34)10-33-9-8-32-7-5-4-6-14(32)33/h4-9,18,23H,10-12H2,1-3H3,(H3-,28,29,30,36,38,39)/b31-17-/t18-,23+/m1/s1. The van der Waals surface area contributed by atoms with Gasteiger partial charge in [0, 0.05) is 17.4 Å². The fourth-order valence-corrected chi connectivity index (χ4v) is 7.23. The van der Waals surface area contributed by atoms with Crippen LogP contribution < -0.4 is 20.6 Å². The monoisotopic (exact) mass is 691 g/mol. The number of carbonyl (C=O) groups excluding carboxylic acids is 4. The molecular weight excluding hydrogens is 666 g/mol. The van der Waals surface area contributed by atoms with Crippen molar-refractivity contribution in [1.82, 2.24) is 19.8 Å². The van der Waals surface area contributed by atoms with Gasteiger partial charge in [-0.2, -0.15) is 0 Å². The van der Waals surface area contributed by atoms with Crippen molar-refractivity contribution in [3.8, 4) is 0 Å². The second-order valence-corrected chi connectivity index (χ2v) is 13.9. The molecule has 5 rings (SSSR count). The summed E-state index contributed by atoms with van der Waals surface area (Å²) >= 11 is 5.64. The molecule has 0 aromatic carbocycles. The van der Waals surface area contributed by atoms with Crippen LogP contribution in [-0.4, -0.2) is 73.3 Å². The Morgan fingerprint density at radius 3 is 2.74 bits per heavy atom. The molecule has 0 spiro atoms. The second-order valence-electron chi connectivity index (χ2n) is 10.5. The quantitative estimate of drug-likeness (QED) is 0.103. The van der Waals surface area contributed by atoms with Crippen LogP contribution in [0, 0.1) is 0 Å². The molecular formula is C26H26BrN7O7S2. The number of nitrogen functional groups attached to an aromatic ring is 1. The highest BCUT2D eigenvalue weighted by Crippen LogP contribution is 2.40. The maximum atomic E-state index is 13.4. The van der Waals surface area contributed by atoms with E-state index in [0.29, 0.717) is 9.36 Å². The number of carbonyl (C=O) groups is 4. The van der Waals surface area contributed by atoms with Crippen LogP contribution in [0.15, 0.2) is 57.0 Å². The molecule has 2 atom stereocenters. The summed E-state index contributed by atoms with van der Waals surface area (Å²) in [4.78, 5) is 61.3. The van der Waals surface area contributed by atoms with Gasteiger partial charge in [-0.25, -0.2) is 18.7 Å². The molecule has 0 aliphatic carbocycles. The first-order chi connectivity index (χ1) is 20.3. The fraction of sp³-hybridized carbons (Fsp3) is 0.346. The molecule has 2 amide bonds. The van der Waals surface area contributed by atoms with Crippen molar-refractivity contribution in [3.05, 3.63) is 57.5 Å². The SMILES string of the molecule is CC(C)(C)OC(=O)CO/N=C(\C(=O)N[C@@H]1C(=O)N2C(C(=O)[O-])=C(Cn3cc[n+]4ccccc34)CS[C@@H]12)c1nc(N)sc1Br. The predicted octanol–water partition coefficient (Wildman–Crippen LogP) is 0.195. The van der Waals surface area contributed by atoms with E-state index in [2.05, 4.69) is 31.4 Å². The fourth-order valence-electron chi connectivity index (χ4n) is 4.56. The highest BCUT2D eigenvalue weighted by atomic mass is 79.9. The number of esters is 1. The Bertz CT molecular complexity index is 1690. The number of hydrogen-bond donors (Lipinski definition) is 2. The van der Waals surface area contributed by atoms with Gasteiger partial charge in [0.15, 0.2) is 10.8 Å². The number of pyridine rings is 1. The molecule has 2 aliphatic heterocycles. The number of nitrogens with zero attached hydrogens (tertiary/aromatic N) is 5. The second kappa shape index (κ2) is 12.0. The van der Waals surface area contributed by atoms with E-state index in [9.17, 15) is 24.3 Å². The van der Waals surface area contributed by atoms with E-state index in [1.165, 1.54) is 11.8 Å². The number of hydrogen-bond acceptors (Lipinski definition) is 12. The Hall–Kier alpha value is -3.96. The highest BCUT2D eigenvalue weighted by Gasteiger charge is 2.53. The van der Waals surface area contributed by atoms with Gasteiger partial charge in [0.2, 0.25) is 6.61 Å². The number of anilines is 1. The van der Waals surface area contributed by atoms with E-state index in [1.54, 1.807) is 20.8 Å². The lowest BCUT2D eigenvalue weighted by atomic mass is 10.0. The van der Waals surface area contributed by atoms with E-state index in [0.717, 1.165) is 21.9 Å². The molecule has 1 fully saturated rings. The number of thiazole rings is 1. The van der Waals surface area contributed by atoms with Crippen molar-refractivity contribution < 1.29 is 38.3 Å². The van der Waals surface area contributed by atoms with Crippen molar-refractivity contribution in [2.24, 2.45) is 5.16 Å². The number of oxime groups is 1. The van der Waals surface area contributed by atoms with E-state index >= 15 is 0 Å². The zero-order valence-electron chi connectivity index (χ0n) is 23.1. The number of amides is 2. The molecule has 43 heavy (non-hydrogen) atoms. The first-order valence-electron chi connectivity index (χ1n) is 12.8. The molecule has 0 saturated carbocycles. The van der Waals surface area contributed by atoms with Crippen molar-refractivity contribution in [3.63, 3.8) is 0 Å². The van der Waals surface area contributed by atoms with Gasteiger partial charge in [-0.3, -0.25) is 14.5 Å². The van der Waals surface area contributed by atoms with Crippen LogP contribution in [0.3, 0.4) is 0 Å². The minimum absolute atomic E-state index is 0.0403. The van der Waals surface area contributed by atoms with Crippen LogP contribution in [-0.2, 0) is 35.3 Å². The van der Waals surface area contributed by atoms with E-state index < -0.39 is 47.4 Å². The van der Waals surface area contributed by atoms with Gasteiger partial charge in [0.05, 0.1) is 17.9 Å². The summed E-state index contributed by atoms with van der Waals surface area (Å²) in [5, 5.41) is 18.1. The molecule has 226 valence electrons. The number of rotatable bonds is 9. The molecule has 3 aromatic rings. The predicted molar refractivity (Wildman–Crippen MR) is 157 cm³/mol. The zero-order chi connectivity index (χ0) is 31.1. The molecule has 3 aromatic heterocycles. The van der Waals surface area contributed by atoms with Crippen LogP contribution in [0.25, 0.3) is 5.65 Å². The Morgan fingerprint density at radius 1 is 1.30 bits per heavy atom. The average molecular weight is 693 g/mol. The number of imidazole rings is 1. The maximum absolute atomic E-state index is 13.4. The van der Waals surface area contributed by atoms with Gasteiger partial charge < -0.3 is 30.5 Å². The van der Waals surface area contributed by atoms with Crippen LogP contribution >= 0.6 is 39.0 Å². The minimum atomic E-state index is -1.48. The Labute approximate surface area is 261 Å². The molecule has 0 bridgehead atoms. The smallest absolute Gasteiger partial charge is 0.347 e. The average Bonchev–Trinajstić information content (AvgIpc) is 3.49. The van der Waals surface area contributed by atoms with Gasteiger partial charge >= 0.3 is 5.97 Å². The number of ether oxygens (including phenoxy) is 1. The van der Waals surface area contributed by atoms with Gasteiger partial charge in [0.1, 0.15) is 45.4 Å². The highest BCUT2D eigenvalue weighted by molar-refractivity contribution is 9.11. The number of aliphatic carboxylic acids is 1. The van der Waals surface area contributed by atoms with Crippen molar-refractivity contribution in [2.45, 2.75) is 44.3 Å². The molecule has 5 heterocycles. The normalized spacial score (nSPS) is 18.7. The van der Waals surface area contributed by atoms with Gasteiger partial charge in [-0.15, -0.1) is 11.8 Å². The number of β-lactam (4-membered cyclic amide) rings is 1. The van der Waals surface area contributed by atoms with Crippen molar-refractivity contribution >= 4 is 79.3 Å². The third-order valence-electron chi connectivity index (χ3n) is 6.26. The van der Waals surface area contributed by atoms with E-state index in [1.807, 2.05) is 45.8 Å². The number of halogens is 1. The van der Waals surface area contributed by atoms with Crippen LogP contribution in [0.2, 0.25) is 0 Å². The lowest BCUT2D eigenvalue weighted by Gasteiger charge is -2.50. The lowest BCUT2D eigenvalue weighted by molar-refractivity contribution is -0.510. The third-order valence-corrected chi connectivity index (χ3v) is 9.13. The molecule has 17 heteroatoms. The van der Waals surface area contributed by atoms with Crippen LogP contribution in [0.5, 0.6) is 0 Å². The van der Waals surface area contributed by atoms with Crippen LogP contribution in [0.4, 0.5) is 5.13 Å². The summed E-state index contributed by atoms with van der Waals surface area (Å²) < 4.78 is 9.32. The molecule has 3 N–H and O–H groups in total. The topological polar surface area (TPSA) is 185 Å². The number of nitrogens with one attached hydrogen (secondary N) is 1. The molecule has 2 aliphatic rings. The van der Waals surface area contributed by atoms with Crippen molar-refractivity contribution in [1.29, 1.82) is 0 Å². The number of carboxylic acid groups (broad SMARTS) is 1. The Balaban J connectivity index is 1.34. The summed E-state index contributed by atoms with van der Waals surface area (Å²) in [5.41, 5.74) is 5.86. The van der Waals surface area contributed by atoms with Gasteiger partial charge in [-0.05, 0) is 42.8 Å². The van der Waals surface area contributed by atoms with E-state index in [-0.39, 0.29) is 34.5 Å². The largest absolute Gasteiger partial charge is 0.543 e. The Kier molecular flexibility index (Phi) is 8.49. The number of nitrogens with two attached hydrogens (primary N) is 1. The lowest BCUT2D eigenvalue weighted by Crippen LogP contribution is -2.71. The maximum Gasteiger partial charge on any atom is 0.347 e. The van der Waals surface area contributed by atoms with Crippen LogP contribution in [0.1, 0.15) is 26.5 Å². The number of thioether (sulfide) groups is 1. The third kappa shape index (κ3) is 6.37. The number of fused-ring (bicyclic) bond motifs is 2. The van der Waals surface area contributed by atoms with E-state index in [4.69, 9.17) is 15.3 Å². The summed E-state index contributed by atoms with van der Waals surface area (Å²) in [6, 6.07) is 4.57. The molecule has 0 radical (unpaired) electrons. The molecule has 14 nitrogen and oxygen atoms in total. The first kappa shape index (κ1) is 30.5. The number of carboxylic acids is 1. The summed E-state index contributed by atoms with van der Waals surface area (Å²) in [7, 11) is 0. The summed E-state index contributed by atoms with van der Waals surface area (Å²) in [6.45, 7) is 4.72. The first-order valence-corrected chi connectivity index (χ1v) is 15.5. The molecule has 0 unspecified atom stereocenters. The van der Waals surface area contributed by atoms with Gasteiger partial charge in [0.25, 0.3) is 17.5 Å². The zero-order valence-corrected chi connectivity index (χ0v) is 26.3. The Morgan fingerprint density at radius 2 is 2.07 bits per heavy atom. The summed E-state index contributed by atoms with van der Waals surface area (Å²) in [5.74, 6) is -3.37. The minimum Gasteiger partial charge on any atom is -0.543 e.